The summed E-state index contributed by atoms with van der Waals surface area (Å²) in [6, 6.07) is 23.7. The molecule has 1 aliphatic carbocycles. The minimum atomic E-state index is -0.0794. The number of nitrogens with zero attached hydrogens (tertiary/aromatic N) is 2. The summed E-state index contributed by atoms with van der Waals surface area (Å²) in [7, 11) is 0. The molecule has 2 amide bonds. The normalized spacial score (nSPS) is 17.2. The third-order valence-corrected chi connectivity index (χ3v) is 6.04. The second-order valence-electron chi connectivity index (χ2n) is 8.73. The van der Waals surface area contributed by atoms with Crippen LogP contribution in [0.1, 0.15) is 43.1 Å². The van der Waals surface area contributed by atoms with E-state index in [1.165, 1.54) is 5.56 Å². The summed E-state index contributed by atoms with van der Waals surface area (Å²) in [4.78, 5) is 30.2. The van der Waals surface area contributed by atoms with Gasteiger partial charge in [0.1, 0.15) is 12.3 Å². The Morgan fingerprint density at radius 2 is 1.62 bits per heavy atom. The molecule has 1 aromatic heterocycles. The van der Waals surface area contributed by atoms with Gasteiger partial charge >= 0.3 is 0 Å². The SMILES string of the molecule is CC(C)N(CC(=O)N(Cc1ccccc1)Cc1ccco1)C(=O)[C@H]1C[C@H]1c1ccccc1. The molecule has 0 bridgehead atoms. The lowest BCUT2D eigenvalue weighted by molar-refractivity contribution is -0.143. The first-order chi connectivity index (χ1) is 15.5. The maximum atomic E-state index is 13.4. The Morgan fingerprint density at radius 3 is 2.25 bits per heavy atom. The average molecular weight is 431 g/mol. The van der Waals surface area contributed by atoms with E-state index in [4.69, 9.17) is 4.42 Å². The number of amides is 2. The van der Waals surface area contributed by atoms with Gasteiger partial charge < -0.3 is 14.2 Å². The van der Waals surface area contributed by atoms with E-state index in [1.807, 2.05) is 74.5 Å². The molecule has 2 aromatic carbocycles. The summed E-state index contributed by atoms with van der Waals surface area (Å²) in [5.41, 5.74) is 2.24. The highest BCUT2D eigenvalue weighted by Crippen LogP contribution is 2.48. The molecular formula is C27H30N2O3. The van der Waals surface area contributed by atoms with Crippen LogP contribution in [0, 0.1) is 5.92 Å². The van der Waals surface area contributed by atoms with Crippen LogP contribution in [0.3, 0.4) is 0 Å². The zero-order chi connectivity index (χ0) is 22.5. The molecule has 3 aromatic rings. The predicted molar refractivity (Wildman–Crippen MR) is 124 cm³/mol. The molecule has 1 saturated carbocycles. The first-order valence-electron chi connectivity index (χ1n) is 11.2. The molecule has 0 spiro atoms. The fourth-order valence-electron chi connectivity index (χ4n) is 4.14. The van der Waals surface area contributed by atoms with Gasteiger partial charge in [-0.15, -0.1) is 0 Å². The molecule has 1 heterocycles. The fraction of sp³-hybridized carbons (Fsp3) is 0.333. The third-order valence-electron chi connectivity index (χ3n) is 6.04. The van der Waals surface area contributed by atoms with Crippen LogP contribution in [0.25, 0.3) is 0 Å². The molecule has 1 aliphatic rings. The molecule has 5 heteroatoms. The van der Waals surface area contributed by atoms with Crippen molar-refractivity contribution >= 4 is 11.8 Å². The topological polar surface area (TPSA) is 53.8 Å². The van der Waals surface area contributed by atoms with Crippen LogP contribution in [-0.4, -0.2) is 34.2 Å². The van der Waals surface area contributed by atoms with Gasteiger partial charge in [-0.3, -0.25) is 9.59 Å². The number of furan rings is 1. The molecular weight excluding hydrogens is 400 g/mol. The van der Waals surface area contributed by atoms with Crippen molar-refractivity contribution in [1.29, 1.82) is 0 Å². The Kier molecular flexibility index (Phi) is 6.74. The Morgan fingerprint density at radius 1 is 0.938 bits per heavy atom. The highest BCUT2D eigenvalue weighted by Gasteiger charge is 2.46. The van der Waals surface area contributed by atoms with Gasteiger partial charge in [-0.1, -0.05) is 60.7 Å². The van der Waals surface area contributed by atoms with Crippen molar-refractivity contribution < 1.29 is 14.0 Å². The monoisotopic (exact) mass is 430 g/mol. The first kappa shape index (κ1) is 21.9. The number of carbonyl (C=O) groups excluding carboxylic acids is 2. The van der Waals surface area contributed by atoms with Gasteiger partial charge in [0.2, 0.25) is 11.8 Å². The Hall–Kier alpha value is -3.34. The second-order valence-corrected chi connectivity index (χ2v) is 8.73. The Bertz CT molecular complexity index is 1020. The quantitative estimate of drug-likeness (QED) is 0.488. The van der Waals surface area contributed by atoms with Crippen molar-refractivity contribution in [2.24, 2.45) is 5.92 Å². The lowest BCUT2D eigenvalue weighted by Gasteiger charge is -2.30. The van der Waals surface area contributed by atoms with E-state index in [0.717, 1.165) is 17.7 Å². The maximum absolute atomic E-state index is 13.4. The summed E-state index contributed by atoms with van der Waals surface area (Å²) < 4.78 is 5.49. The predicted octanol–water partition coefficient (Wildman–Crippen LogP) is 4.85. The summed E-state index contributed by atoms with van der Waals surface area (Å²) in [6.07, 6.45) is 2.46. The minimum Gasteiger partial charge on any atom is -0.467 e. The van der Waals surface area contributed by atoms with Crippen LogP contribution < -0.4 is 0 Å². The second kappa shape index (κ2) is 9.86. The van der Waals surface area contributed by atoms with Crippen molar-refractivity contribution in [3.63, 3.8) is 0 Å². The van der Waals surface area contributed by atoms with Gasteiger partial charge in [0.25, 0.3) is 0 Å². The lowest BCUT2D eigenvalue weighted by Crippen LogP contribution is -2.46. The van der Waals surface area contributed by atoms with E-state index in [2.05, 4.69) is 12.1 Å². The van der Waals surface area contributed by atoms with Crippen LogP contribution in [-0.2, 0) is 22.7 Å². The lowest BCUT2D eigenvalue weighted by atomic mass is 10.1. The van der Waals surface area contributed by atoms with Crippen LogP contribution in [0.4, 0.5) is 0 Å². The summed E-state index contributed by atoms with van der Waals surface area (Å²) in [5, 5.41) is 0. The summed E-state index contributed by atoms with van der Waals surface area (Å²) in [5.74, 6) is 0.927. The summed E-state index contributed by atoms with van der Waals surface area (Å²) in [6.45, 7) is 4.85. The van der Waals surface area contributed by atoms with Gasteiger partial charge in [-0.25, -0.2) is 0 Å². The molecule has 0 unspecified atom stereocenters. The fourth-order valence-corrected chi connectivity index (χ4v) is 4.14. The molecule has 1 fully saturated rings. The van der Waals surface area contributed by atoms with E-state index in [0.29, 0.717) is 13.1 Å². The number of rotatable bonds is 9. The van der Waals surface area contributed by atoms with Crippen LogP contribution in [0.2, 0.25) is 0 Å². The van der Waals surface area contributed by atoms with E-state index < -0.39 is 0 Å². The molecule has 0 aliphatic heterocycles. The van der Waals surface area contributed by atoms with Gasteiger partial charge in [0.15, 0.2) is 0 Å². The van der Waals surface area contributed by atoms with Gasteiger partial charge in [-0.2, -0.15) is 0 Å². The minimum absolute atomic E-state index is 0.0414. The zero-order valence-electron chi connectivity index (χ0n) is 18.7. The maximum Gasteiger partial charge on any atom is 0.242 e. The van der Waals surface area contributed by atoms with E-state index in [1.54, 1.807) is 16.1 Å². The van der Waals surface area contributed by atoms with E-state index >= 15 is 0 Å². The van der Waals surface area contributed by atoms with Gasteiger partial charge in [0, 0.05) is 18.5 Å². The van der Waals surface area contributed by atoms with Gasteiger partial charge in [0.05, 0.1) is 12.8 Å². The smallest absolute Gasteiger partial charge is 0.242 e. The van der Waals surface area contributed by atoms with Crippen LogP contribution in [0.15, 0.2) is 83.5 Å². The highest BCUT2D eigenvalue weighted by molar-refractivity contribution is 5.88. The Balaban J connectivity index is 1.46. The van der Waals surface area contributed by atoms with Crippen molar-refractivity contribution in [2.75, 3.05) is 6.54 Å². The molecule has 0 saturated heterocycles. The first-order valence-corrected chi connectivity index (χ1v) is 11.2. The molecule has 2 atom stereocenters. The average Bonchev–Trinajstić information content (AvgIpc) is 3.45. The Labute approximate surface area is 189 Å². The summed E-state index contributed by atoms with van der Waals surface area (Å²) >= 11 is 0. The van der Waals surface area contributed by atoms with E-state index in [9.17, 15) is 9.59 Å². The number of carbonyl (C=O) groups is 2. The molecule has 0 N–H and O–H groups in total. The molecule has 166 valence electrons. The molecule has 5 nitrogen and oxygen atoms in total. The standard InChI is InChI=1S/C27H30N2O3/c1-20(2)29(27(31)25-16-24(25)22-12-7-4-8-13-22)19-26(30)28(18-23-14-9-15-32-23)17-21-10-5-3-6-11-21/h3-15,20,24-25H,16-19H2,1-2H3/t24-,25-/m0/s1. The van der Waals surface area contributed by atoms with E-state index in [-0.39, 0.29) is 36.2 Å². The van der Waals surface area contributed by atoms with Crippen LogP contribution in [0.5, 0.6) is 0 Å². The van der Waals surface area contributed by atoms with Crippen LogP contribution >= 0.6 is 0 Å². The third kappa shape index (κ3) is 5.28. The molecule has 0 radical (unpaired) electrons. The largest absolute Gasteiger partial charge is 0.467 e. The molecule has 4 rings (SSSR count). The van der Waals surface area contributed by atoms with Crippen molar-refractivity contribution in [2.45, 2.75) is 45.3 Å². The number of benzene rings is 2. The zero-order valence-corrected chi connectivity index (χ0v) is 18.7. The van der Waals surface area contributed by atoms with Crippen molar-refractivity contribution in [3.05, 3.63) is 95.9 Å². The van der Waals surface area contributed by atoms with Crippen molar-refractivity contribution in [1.82, 2.24) is 9.80 Å². The number of hydrogen-bond donors (Lipinski definition) is 0. The number of hydrogen-bond acceptors (Lipinski definition) is 3. The highest BCUT2D eigenvalue weighted by atomic mass is 16.3. The van der Waals surface area contributed by atoms with Crippen molar-refractivity contribution in [3.8, 4) is 0 Å². The molecule has 32 heavy (non-hydrogen) atoms. The van der Waals surface area contributed by atoms with Gasteiger partial charge in [-0.05, 0) is 49.4 Å².